The predicted molar refractivity (Wildman–Crippen MR) is 65.4 cm³/mol. The molecule has 0 spiro atoms. The highest BCUT2D eigenvalue weighted by Crippen LogP contribution is 2.16. The van der Waals surface area contributed by atoms with Crippen LogP contribution in [0.1, 0.15) is 29.7 Å². The van der Waals surface area contributed by atoms with Crippen molar-refractivity contribution in [2.75, 3.05) is 13.1 Å². The lowest BCUT2D eigenvalue weighted by molar-refractivity contribution is 0.155. The molecule has 0 fully saturated rings. The van der Waals surface area contributed by atoms with E-state index in [0.717, 1.165) is 5.56 Å². The summed E-state index contributed by atoms with van der Waals surface area (Å²) in [4.78, 5) is 0. The van der Waals surface area contributed by atoms with E-state index in [1.807, 2.05) is 25.1 Å². The van der Waals surface area contributed by atoms with Gasteiger partial charge in [0, 0.05) is 13.1 Å². The quantitative estimate of drug-likeness (QED) is 0.705. The van der Waals surface area contributed by atoms with Gasteiger partial charge in [-0.15, -0.1) is 0 Å². The van der Waals surface area contributed by atoms with Crippen molar-refractivity contribution in [2.24, 2.45) is 0 Å². The number of hydrogen-bond donors (Lipinski definition) is 3. The SMILES string of the molecule is Cc1ccc(C(O)CNCC(C)O)cc1C. The van der Waals surface area contributed by atoms with Gasteiger partial charge in [0.1, 0.15) is 0 Å². The third-order valence-electron chi connectivity index (χ3n) is 2.69. The van der Waals surface area contributed by atoms with Crippen LogP contribution in [-0.4, -0.2) is 29.4 Å². The lowest BCUT2D eigenvalue weighted by atomic mass is 10.0. The molecule has 0 bridgehead atoms. The summed E-state index contributed by atoms with van der Waals surface area (Å²) in [6.07, 6.45) is -0.898. The normalized spacial score (nSPS) is 14.8. The van der Waals surface area contributed by atoms with Crippen molar-refractivity contribution < 1.29 is 10.2 Å². The number of nitrogens with one attached hydrogen (secondary N) is 1. The molecule has 1 aromatic rings. The number of benzene rings is 1. The number of aliphatic hydroxyl groups excluding tert-OH is 2. The van der Waals surface area contributed by atoms with Gasteiger partial charge in [0.15, 0.2) is 0 Å². The van der Waals surface area contributed by atoms with Gasteiger partial charge < -0.3 is 15.5 Å². The standard InChI is InChI=1S/C13H21NO2/c1-9-4-5-12(6-10(9)2)13(16)8-14-7-11(3)15/h4-6,11,13-16H,7-8H2,1-3H3. The predicted octanol–water partition coefficient (Wildman–Crippen LogP) is 1.31. The molecule has 16 heavy (non-hydrogen) atoms. The summed E-state index contributed by atoms with van der Waals surface area (Å²) in [5.41, 5.74) is 3.33. The molecular formula is C13H21NO2. The zero-order valence-corrected chi connectivity index (χ0v) is 10.2. The number of hydrogen-bond acceptors (Lipinski definition) is 3. The fourth-order valence-corrected chi connectivity index (χ4v) is 1.52. The van der Waals surface area contributed by atoms with Crippen LogP contribution in [0.4, 0.5) is 0 Å². The molecule has 0 saturated heterocycles. The van der Waals surface area contributed by atoms with E-state index in [-0.39, 0.29) is 6.10 Å². The maximum atomic E-state index is 9.90. The first kappa shape index (κ1) is 13.2. The van der Waals surface area contributed by atoms with E-state index in [1.54, 1.807) is 6.92 Å². The van der Waals surface area contributed by atoms with E-state index in [9.17, 15) is 5.11 Å². The molecule has 3 heteroatoms. The molecule has 3 nitrogen and oxygen atoms in total. The van der Waals surface area contributed by atoms with E-state index in [0.29, 0.717) is 13.1 Å². The molecule has 0 heterocycles. The van der Waals surface area contributed by atoms with Crippen LogP contribution in [0.3, 0.4) is 0 Å². The van der Waals surface area contributed by atoms with Crippen molar-refractivity contribution in [1.29, 1.82) is 0 Å². The molecule has 0 aliphatic heterocycles. The molecule has 2 unspecified atom stereocenters. The molecule has 1 aromatic carbocycles. The summed E-state index contributed by atoms with van der Waals surface area (Å²) in [6, 6.07) is 5.96. The topological polar surface area (TPSA) is 52.5 Å². The molecule has 0 radical (unpaired) electrons. The molecule has 0 aliphatic rings. The molecule has 1 rings (SSSR count). The Morgan fingerprint density at radius 2 is 1.81 bits per heavy atom. The smallest absolute Gasteiger partial charge is 0.0914 e. The molecule has 0 saturated carbocycles. The van der Waals surface area contributed by atoms with Crippen molar-refractivity contribution in [3.63, 3.8) is 0 Å². The first-order valence-electron chi connectivity index (χ1n) is 5.64. The summed E-state index contributed by atoms with van der Waals surface area (Å²) in [5, 5.41) is 22.0. The summed E-state index contributed by atoms with van der Waals surface area (Å²) in [6.45, 7) is 6.77. The number of aryl methyl sites for hydroxylation is 2. The Bertz CT molecular complexity index is 337. The second kappa shape index (κ2) is 5.99. The zero-order valence-electron chi connectivity index (χ0n) is 10.2. The van der Waals surface area contributed by atoms with Gasteiger partial charge in [-0.1, -0.05) is 18.2 Å². The molecular weight excluding hydrogens is 202 g/mol. The Morgan fingerprint density at radius 1 is 1.12 bits per heavy atom. The van der Waals surface area contributed by atoms with E-state index in [4.69, 9.17) is 5.11 Å². The van der Waals surface area contributed by atoms with Crippen LogP contribution in [0.5, 0.6) is 0 Å². The average Bonchev–Trinajstić information content (AvgIpc) is 2.21. The highest BCUT2D eigenvalue weighted by Gasteiger charge is 2.08. The fraction of sp³-hybridized carbons (Fsp3) is 0.538. The first-order chi connectivity index (χ1) is 7.50. The molecule has 2 atom stereocenters. The van der Waals surface area contributed by atoms with Crippen molar-refractivity contribution in [3.8, 4) is 0 Å². The average molecular weight is 223 g/mol. The number of rotatable bonds is 5. The van der Waals surface area contributed by atoms with Crippen LogP contribution in [0.15, 0.2) is 18.2 Å². The Hall–Kier alpha value is -0.900. The van der Waals surface area contributed by atoms with E-state index in [1.165, 1.54) is 11.1 Å². The maximum Gasteiger partial charge on any atom is 0.0914 e. The van der Waals surface area contributed by atoms with E-state index < -0.39 is 6.10 Å². The zero-order chi connectivity index (χ0) is 12.1. The van der Waals surface area contributed by atoms with Crippen molar-refractivity contribution >= 4 is 0 Å². The molecule has 90 valence electrons. The second-order valence-electron chi connectivity index (χ2n) is 4.37. The van der Waals surface area contributed by atoms with Gasteiger partial charge in [0.2, 0.25) is 0 Å². The lowest BCUT2D eigenvalue weighted by Gasteiger charge is -2.14. The van der Waals surface area contributed by atoms with Gasteiger partial charge in [-0.2, -0.15) is 0 Å². The van der Waals surface area contributed by atoms with Gasteiger partial charge in [-0.25, -0.2) is 0 Å². The molecule has 0 amide bonds. The summed E-state index contributed by atoms with van der Waals surface area (Å²) in [5.74, 6) is 0. The Morgan fingerprint density at radius 3 is 2.38 bits per heavy atom. The van der Waals surface area contributed by atoms with Crippen molar-refractivity contribution in [1.82, 2.24) is 5.32 Å². The van der Waals surface area contributed by atoms with Crippen molar-refractivity contribution in [2.45, 2.75) is 33.0 Å². The summed E-state index contributed by atoms with van der Waals surface area (Å²) >= 11 is 0. The van der Waals surface area contributed by atoms with Crippen LogP contribution in [0.25, 0.3) is 0 Å². The third-order valence-corrected chi connectivity index (χ3v) is 2.69. The highest BCUT2D eigenvalue weighted by molar-refractivity contribution is 5.31. The Kier molecular flexibility index (Phi) is 4.93. The molecule has 0 aromatic heterocycles. The lowest BCUT2D eigenvalue weighted by Crippen LogP contribution is -2.28. The second-order valence-corrected chi connectivity index (χ2v) is 4.37. The minimum atomic E-state index is -0.516. The van der Waals surface area contributed by atoms with Crippen LogP contribution >= 0.6 is 0 Å². The minimum Gasteiger partial charge on any atom is -0.392 e. The van der Waals surface area contributed by atoms with Crippen LogP contribution in [0, 0.1) is 13.8 Å². The largest absolute Gasteiger partial charge is 0.392 e. The van der Waals surface area contributed by atoms with Gasteiger partial charge in [-0.3, -0.25) is 0 Å². The maximum absolute atomic E-state index is 9.90. The Balaban J connectivity index is 2.52. The van der Waals surface area contributed by atoms with Gasteiger partial charge in [0.05, 0.1) is 12.2 Å². The van der Waals surface area contributed by atoms with Crippen molar-refractivity contribution in [3.05, 3.63) is 34.9 Å². The van der Waals surface area contributed by atoms with Gasteiger partial charge in [0.25, 0.3) is 0 Å². The number of aliphatic hydroxyl groups is 2. The highest BCUT2D eigenvalue weighted by atomic mass is 16.3. The molecule has 0 aliphatic carbocycles. The summed E-state index contributed by atoms with van der Waals surface area (Å²) in [7, 11) is 0. The van der Waals surface area contributed by atoms with E-state index in [2.05, 4.69) is 12.2 Å². The fourth-order valence-electron chi connectivity index (χ4n) is 1.52. The van der Waals surface area contributed by atoms with Gasteiger partial charge in [-0.05, 0) is 37.5 Å². The summed E-state index contributed by atoms with van der Waals surface area (Å²) < 4.78 is 0. The van der Waals surface area contributed by atoms with Gasteiger partial charge >= 0.3 is 0 Å². The van der Waals surface area contributed by atoms with Crippen LogP contribution < -0.4 is 5.32 Å². The minimum absolute atomic E-state index is 0.382. The first-order valence-corrected chi connectivity index (χ1v) is 5.64. The van der Waals surface area contributed by atoms with Crippen LogP contribution in [0.2, 0.25) is 0 Å². The third kappa shape index (κ3) is 3.93. The molecule has 3 N–H and O–H groups in total. The Labute approximate surface area is 97.1 Å². The van der Waals surface area contributed by atoms with Crippen LogP contribution in [-0.2, 0) is 0 Å². The monoisotopic (exact) mass is 223 g/mol. The van der Waals surface area contributed by atoms with E-state index >= 15 is 0 Å².